The second kappa shape index (κ2) is 10.5. The lowest BCUT2D eigenvalue weighted by Gasteiger charge is -2.44. The third-order valence-electron chi connectivity index (χ3n) is 8.02. The largest absolute Gasteiger partial charge is 0.481 e. The number of ether oxygens (including phenoxy) is 2. The number of fused-ring (bicyclic) bond motifs is 1. The van der Waals surface area contributed by atoms with Gasteiger partial charge in [0.25, 0.3) is 5.91 Å². The fourth-order valence-corrected chi connectivity index (χ4v) is 5.85. The molecule has 202 valence electrons. The summed E-state index contributed by atoms with van der Waals surface area (Å²) < 4.78 is 50.7. The van der Waals surface area contributed by atoms with E-state index in [1.54, 1.807) is 18.3 Å². The van der Waals surface area contributed by atoms with Gasteiger partial charge in [0.05, 0.1) is 37.0 Å². The fourth-order valence-electron chi connectivity index (χ4n) is 5.85. The third-order valence-corrected chi connectivity index (χ3v) is 8.02. The molecule has 9 heteroatoms. The van der Waals surface area contributed by atoms with Gasteiger partial charge in [0, 0.05) is 35.3 Å². The monoisotopic (exact) mass is 527 g/mol. The molecule has 0 radical (unpaired) electrons. The lowest BCUT2D eigenvalue weighted by atomic mass is 9.71. The van der Waals surface area contributed by atoms with Crippen molar-refractivity contribution in [2.24, 2.45) is 11.3 Å². The minimum absolute atomic E-state index is 0.0161. The molecule has 3 aromatic rings. The smallest absolute Gasteiger partial charge is 0.416 e. The van der Waals surface area contributed by atoms with Crippen molar-refractivity contribution in [2.45, 2.75) is 57.2 Å². The SMILES string of the molecule is COc1ccc(C(=O)N[C@@H](CC2(C)COC2)[C@H]2CC[C@@H](c3ccnc4ccc(C(F)(F)F)cc43)CC2)cn1. The summed E-state index contributed by atoms with van der Waals surface area (Å²) in [6.07, 6.45) is 3.02. The Morgan fingerprint density at radius 1 is 1.13 bits per heavy atom. The zero-order valence-corrected chi connectivity index (χ0v) is 21.6. The second-order valence-corrected chi connectivity index (χ2v) is 10.9. The van der Waals surface area contributed by atoms with E-state index in [-0.39, 0.29) is 29.2 Å². The van der Waals surface area contributed by atoms with E-state index >= 15 is 0 Å². The van der Waals surface area contributed by atoms with Crippen LogP contribution in [0.25, 0.3) is 10.9 Å². The first-order chi connectivity index (χ1) is 18.1. The Labute approximate surface area is 220 Å². The highest BCUT2D eigenvalue weighted by atomic mass is 19.4. The van der Waals surface area contributed by atoms with Crippen LogP contribution in [-0.4, -0.2) is 42.2 Å². The Balaban J connectivity index is 1.32. The van der Waals surface area contributed by atoms with Crippen molar-refractivity contribution in [2.75, 3.05) is 20.3 Å². The van der Waals surface area contributed by atoms with Crippen LogP contribution in [0.4, 0.5) is 13.2 Å². The number of nitrogens with one attached hydrogen (secondary N) is 1. The molecule has 2 fully saturated rings. The summed E-state index contributed by atoms with van der Waals surface area (Å²) in [6, 6.07) is 8.96. The lowest BCUT2D eigenvalue weighted by Crippen LogP contribution is -2.50. The number of pyridine rings is 2. The number of hydrogen-bond acceptors (Lipinski definition) is 5. The van der Waals surface area contributed by atoms with Gasteiger partial charge in [0.2, 0.25) is 5.88 Å². The Bertz CT molecular complexity index is 1280. The van der Waals surface area contributed by atoms with Gasteiger partial charge in [0.15, 0.2) is 0 Å². The highest BCUT2D eigenvalue weighted by Crippen LogP contribution is 2.43. The number of methoxy groups -OCH3 is 1. The molecule has 2 aromatic heterocycles. The lowest BCUT2D eigenvalue weighted by molar-refractivity contribution is -0.137. The predicted octanol–water partition coefficient (Wildman–Crippen LogP) is 6.16. The number of carbonyl (C=O) groups is 1. The van der Waals surface area contributed by atoms with Gasteiger partial charge in [-0.3, -0.25) is 9.78 Å². The molecule has 0 unspecified atom stereocenters. The molecule has 1 aliphatic carbocycles. The van der Waals surface area contributed by atoms with E-state index in [4.69, 9.17) is 9.47 Å². The van der Waals surface area contributed by atoms with Gasteiger partial charge in [0.1, 0.15) is 0 Å². The average Bonchev–Trinajstić information content (AvgIpc) is 2.90. The molecule has 1 N–H and O–H groups in total. The van der Waals surface area contributed by atoms with Gasteiger partial charge in [-0.1, -0.05) is 6.92 Å². The summed E-state index contributed by atoms with van der Waals surface area (Å²) >= 11 is 0. The van der Waals surface area contributed by atoms with Crippen LogP contribution in [-0.2, 0) is 10.9 Å². The van der Waals surface area contributed by atoms with Gasteiger partial charge in [-0.15, -0.1) is 0 Å². The van der Waals surface area contributed by atoms with E-state index < -0.39 is 11.7 Å². The summed E-state index contributed by atoms with van der Waals surface area (Å²) in [7, 11) is 1.53. The Kier molecular flexibility index (Phi) is 7.31. The Hall–Kier alpha value is -3.20. The number of nitrogens with zero attached hydrogens (tertiary/aromatic N) is 2. The number of amides is 1. The van der Waals surface area contributed by atoms with Crippen LogP contribution in [0.2, 0.25) is 0 Å². The quantitative estimate of drug-likeness (QED) is 0.399. The van der Waals surface area contributed by atoms with E-state index in [1.807, 2.05) is 6.07 Å². The minimum atomic E-state index is -4.40. The van der Waals surface area contributed by atoms with Crippen molar-refractivity contribution in [3.63, 3.8) is 0 Å². The van der Waals surface area contributed by atoms with Crippen LogP contribution in [0.3, 0.4) is 0 Å². The number of halogens is 3. The molecular formula is C29H32F3N3O3. The topological polar surface area (TPSA) is 73.3 Å². The van der Waals surface area contributed by atoms with Crippen molar-refractivity contribution in [1.29, 1.82) is 0 Å². The van der Waals surface area contributed by atoms with Crippen LogP contribution < -0.4 is 10.1 Å². The highest BCUT2D eigenvalue weighted by Gasteiger charge is 2.40. The molecule has 1 atom stereocenters. The Morgan fingerprint density at radius 2 is 1.89 bits per heavy atom. The molecule has 5 rings (SSSR count). The van der Waals surface area contributed by atoms with Crippen molar-refractivity contribution in [3.8, 4) is 5.88 Å². The maximum absolute atomic E-state index is 13.4. The number of aromatic nitrogens is 2. The molecular weight excluding hydrogens is 495 g/mol. The summed E-state index contributed by atoms with van der Waals surface area (Å²) in [5, 5.41) is 3.83. The molecule has 3 heterocycles. The van der Waals surface area contributed by atoms with Crippen molar-refractivity contribution < 1.29 is 27.4 Å². The molecule has 0 bridgehead atoms. The molecule has 2 aliphatic rings. The number of alkyl halides is 3. The predicted molar refractivity (Wildman–Crippen MR) is 137 cm³/mol. The number of hydrogen-bond donors (Lipinski definition) is 1. The fraction of sp³-hybridized carbons (Fsp3) is 0.483. The first kappa shape index (κ1) is 26.4. The number of rotatable bonds is 7. The van der Waals surface area contributed by atoms with Gasteiger partial charge in [-0.25, -0.2) is 4.98 Å². The van der Waals surface area contributed by atoms with Crippen molar-refractivity contribution in [3.05, 3.63) is 65.5 Å². The summed E-state index contributed by atoms with van der Waals surface area (Å²) in [4.78, 5) is 21.6. The van der Waals surface area contributed by atoms with E-state index in [2.05, 4.69) is 22.2 Å². The molecule has 38 heavy (non-hydrogen) atoms. The minimum Gasteiger partial charge on any atom is -0.481 e. The summed E-state index contributed by atoms with van der Waals surface area (Å²) in [6.45, 7) is 3.52. The summed E-state index contributed by atoms with van der Waals surface area (Å²) in [5.41, 5.74) is 1.34. The normalized spacial score (nSPS) is 21.9. The maximum Gasteiger partial charge on any atom is 0.416 e. The molecule has 1 amide bonds. The van der Waals surface area contributed by atoms with E-state index in [0.29, 0.717) is 35.6 Å². The van der Waals surface area contributed by atoms with E-state index in [9.17, 15) is 18.0 Å². The zero-order chi connectivity index (χ0) is 26.9. The van der Waals surface area contributed by atoms with E-state index in [0.717, 1.165) is 43.7 Å². The molecule has 1 saturated heterocycles. The van der Waals surface area contributed by atoms with Gasteiger partial charge in [-0.05, 0) is 79.8 Å². The van der Waals surface area contributed by atoms with Gasteiger partial charge < -0.3 is 14.8 Å². The van der Waals surface area contributed by atoms with Crippen molar-refractivity contribution in [1.82, 2.24) is 15.3 Å². The molecule has 1 saturated carbocycles. The maximum atomic E-state index is 13.4. The summed E-state index contributed by atoms with van der Waals surface area (Å²) in [5.74, 6) is 0.681. The highest BCUT2D eigenvalue weighted by molar-refractivity contribution is 5.94. The molecule has 6 nitrogen and oxygen atoms in total. The number of benzene rings is 1. The van der Waals surface area contributed by atoms with Gasteiger partial charge in [-0.2, -0.15) is 13.2 Å². The molecule has 0 spiro atoms. The van der Waals surface area contributed by atoms with Crippen LogP contribution in [0.1, 0.15) is 66.4 Å². The first-order valence-electron chi connectivity index (χ1n) is 13.0. The second-order valence-electron chi connectivity index (χ2n) is 10.9. The van der Waals surface area contributed by atoms with Gasteiger partial charge >= 0.3 is 6.18 Å². The van der Waals surface area contributed by atoms with Crippen LogP contribution in [0.15, 0.2) is 48.8 Å². The van der Waals surface area contributed by atoms with Crippen LogP contribution in [0.5, 0.6) is 5.88 Å². The average molecular weight is 528 g/mol. The zero-order valence-electron chi connectivity index (χ0n) is 21.6. The molecule has 1 aromatic carbocycles. The molecule has 1 aliphatic heterocycles. The van der Waals surface area contributed by atoms with E-state index in [1.165, 1.54) is 25.4 Å². The third kappa shape index (κ3) is 5.62. The Morgan fingerprint density at radius 3 is 2.50 bits per heavy atom. The standard InChI is InChI=1S/C29H32F3N3O3/c1-28(16-38-17-28)14-25(35-27(36)20-7-10-26(37-2)34-15-20)19-5-3-18(4-6-19)22-11-12-33-24-9-8-21(13-23(22)24)29(30,31)32/h7-13,15,18-19,25H,3-6,14,16-17H2,1-2H3,(H,35,36)/t18-,19+,25-/m0/s1. The number of carbonyl (C=O) groups excluding carboxylic acids is 1. The van der Waals surface area contributed by atoms with Crippen LogP contribution >= 0.6 is 0 Å². The van der Waals surface area contributed by atoms with Crippen LogP contribution in [0, 0.1) is 11.3 Å². The van der Waals surface area contributed by atoms with Crippen molar-refractivity contribution >= 4 is 16.8 Å². The first-order valence-corrected chi connectivity index (χ1v) is 13.0.